The Morgan fingerprint density at radius 1 is 0.586 bits per heavy atom. The van der Waals surface area contributed by atoms with Gasteiger partial charge in [-0.05, 0) is 76.2 Å². The molecule has 0 rings (SSSR count). The minimum Gasteiger partial charge on any atom is -0.378 e. The van der Waals surface area contributed by atoms with E-state index in [2.05, 4.69) is 65.6 Å². The Labute approximate surface area is 181 Å². The number of hydrogen-bond donors (Lipinski definition) is 1. The van der Waals surface area contributed by atoms with Gasteiger partial charge in [-0.3, -0.25) is 10.2 Å². The quantitative estimate of drug-likeness (QED) is 0.339. The molecule has 6 nitrogen and oxygen atoms in total. The molecule has 0 atom stereocenters. The van der Waals surface area contributed by atoms with E-state index in [0.717, 1.165) is 13.1 Å². The van der Waals surface area contributed by atoms with Crippen LogP contribution < -0.4 is 5.32 Å². The summed E-state index contributed by atoms with van der Waals surface area (Å²) in [5.41, 5.74) is -0.362. The van der Waals surface area contributed by atoms with Gasteiger partial charge < -0.3 is 18.9 Å². The molecule has 0 fully saturated rings. The summed E-state index contributed by atoms with van der Waals surface area (Å²) in [5, 5.41) is 3.63. The summed E-state index contributed by atoms with van der Waals surface area (Å²) in [4.78, 5) is 2.45. The highest BCUT2D eigenvalue weighted by molar-refractivity contribution is 4.88. The Balaban J connectivity index is 4.10. The first-order valence-corrected chi connectivity index (χ1v) is 11.0. The summed E-state index contributed by atoms with van der Waals surface area (Å²) < 4.78 is 22.8. The van der Waals surface area contributed by atoms with Crippen molar-refractivity contribution in [3.63, 3.8) is 0 Å². The maximum absolute atomic E-state index is 5.95. The van der Waals surface area contributed by atoms with E-state index in [9.17, 15) is 0 Å². The van der Waals surface area contributed by atoms with Crippen molar-refractivity contribution in [3.8, 4) is 0 Å². The zero-order chi connectivity index (χ0) is 22.8. The SMILES string of the molecule is CC(C)(C)OCCOCCOCCNC(C)(C)N(CCOC(C)(C)C)C(C)(C)C. The molecule has 0 amide bonds. The summed E-state index contributed by atoms with van der Waals surface area (Å²) in [6.07, 6.45) is 0. The van der Waals surface area contributed by atoms with Crippen molar-refractivity contribution in [2.45, 2.75) is 98.6 Å². The van der Waals surface area contributed by atoms with Crippen molar-refractivity contribution < 1.29 is 18.9 Å². The van der Waals surface area contributed by atoms with Gasteiger partial charge in [-0.2, -0.15) is 0 Å². The molecule has 6 heteroatoms. The molecule has 0 saturated heterocycles. The van der Waals surface area contributed by atoms with Crippen LogP contribution in [-0.4, -0.2) is 80.0 Å². The Kier molecular flexibility index (Phi) is 12.5. The monoisotopic (exact) mass is 418 g/mol. The first-order valence-electron chi connectivity index (χ1n) is 11.0. The smallest absolute Gasteiger partial charge is 0.0707 e. The van der Waals surface area contributed by atoms with Gasteiger partial charge in [-0.15, -0.1) is 0 Å². The number of rotatable bonds is 14. The molecular formula is C23H50N2O4. The van der Waals surface area contributed by atoms with Gasteiger partial charge in [0, 0.05) is 18.6 Å². The van der Waals surface area contributed by atoms with Crippen LogP contribution in [0.4, 0.5) is 0 Å². The van der Waals surface area contributed by atoms with E-state index in [0.29, 0.717) is 39.6 Å². The largest absolute Gasteiger partial charge is 0.378 e. The second-order valence-electron chi connectivity index (χ2n) is 11.0. The Morgan fingerprint density at radius 3 is 1.52 bits per heavy atom. The molecule has 176 valence electrons. The first-order chi connectivity index (χ1) is 13.0. The maximum Gasteiger partial charge on any atom is 0.0707 e. The van der Waals surface area contributed by atoms with Gasteiger partial charge in [0.1, 0.15) is 0 Å². The van der Waals surface area contributed by atoms with Crippen LogP contribution in [-0.2, 0) is 18.9 Å². The number of nitrogens with zero attached hydrogens (tertiary/aromatic N) is 1. The molecule has 0 aliphatic carbocycles. The van der Waals surface area contributed by atoms with E-state index in [1.165, 1.54) is 0 Å². The third-order valence-electron chi connectivity index (χ3n) is 4.27. The molecule has 0 aliphatic rings. The van der Waals surface area contributed by atoms with E-state index < -0.39 is 0 Å². The molecule has 0 aromatic carbocycles. The normalized spacial score (nSPS) is 14.1. The van der Waals surface area contributed by atoms with Crippen LogP contribution in [0.3, 0.4) is 0 Å². The summed E-state index contributed by atoms with van der Waals surface area (Å²) in [6.45, 7) is 29.0. The molecule has 0 radical (unpaired) electrons. The zero-order valence-corrected chi connectivity index (χ0v) is 21.2. The van der Waals surface area contributed by atoms with Crippen molar-refractivity contribution in [1.82, 2.24) is 10.2 Å². The second kappa shape index (κ2) is 12.6. The molecule has 1 N–H and O–H groups in total. The molecule has 0 unspecified atom stereocenters. The summed E-state index contributed by atoms with van der Waals surface area (Å²) >= 11 is 0. The van der Waals surface area contributed by atoms with E-state index >= 15 is 0 Å². The fourth-order valence-electron chi connectivity index (χ4n) is 3.15. The lowest BCUT2D eigenvalue weighted by Gasteiger charge is -2.48. The van der Waals surface area contributed by atoms with Gasteiger partial charge >= 0.3 is 0 Å². The third kappa shape index (κ3) is 16.2. The van der Waals surface area contributed by atoms with Crippen molar-refractivity contribution >= 4 is 0 Å². The molecule has 0 saturated carbocycles. The van der Waals surface area contributed by atoms with Crippen molar-refractivity contribution in [3.05, 3.63) is 0 Å². The van der Waals surface area contributed by atoms with Crippen molar-refractivity contribution in [2.24, 2.45) is 0 Å². The van der Waals surface area contributed by atoms with Crippen LogP contribution in [0.2, 0.25) is 0 Å². The van der Waals surface area contributed by atoms with E-state index in [4.69, 9.17) is 18.9 Å². The Morgan fingerprint density at radius 2 is 1.03 bits per heavy atom. The lowest BCUT2D eigenvalue weighted by molar-refractivity contribution is -0.0584. The van der Waals surface area contributed by atoms with Crippen LogP contribution >= 0.6 is 0 Å². The summed E-state index contributed by atoms with van der Waals surface area (Å²) in [6, 6.07) is 0. The fourth-order valence-corrected chi connectivity index (χ4v) is 3.15. The molecule has 0 bridgehead atoms. The third-order valence-corrected chi connectivity index (χ3v) is 4.27. The van der Waals surface area contributed by atoms with E-state index in [1.807, 2.05) is 20.8 Å². The lowest BCUT2D eigenvalue weighted by Crippen LogP contribution is -2.62. The van der Waals surface area contributed by atoms with Crippen LogP contribution in [0.5, 0.6) is 0 Å². The number of nitrogens with one attached hydrogen (secondary N) is 1. The standard InChI is InChI=1S/C23H50N2O4/c1-20(2,3)25(13-15-28-21(4,5)6)23(10,11)24-12-14-26-16-17-27-18-19-29-22(7,8)9/h24H,12-19H2,1-11H3. The van der Waals surface area contributed by atoms with Gasteiger partial charge in [-0.25, -0.2) is 0 Å². The van der Waals surface area contributed by atoms with Crippen LogP contribution in [0, 0.1) is 0 Å². The highest BCUT2D eigenvalue weighted by atomic mass is 16.5. The second-order valence-corrected chi connectivity index (χ2v) is 11.0. The number of ether oxygens (including phenoxy) is 4. The average molecular weight is 419 g/mol. The summed E-state index contributed by atoms with van der Waals surface area (Å²) in [5.74, 6) is 0. The van der Waals surface area contributed by atoms with E-state index in [-0.39, 0.29) is 22.4 Å². The van der Waals surface area contributed by atoms with Gasteiger partial charge in [0.25, 0.3) is 0 Å². The maximum atomic E-state index is 5.95. The molecular weight excluding hydrogens is 368 g/mol. The van der Waals surface area contributed by atoms with Crippen LogP contribution in [0.1, 0.15) is 76.2 Å². The predicted octanol–water partition coefficient (Wildman–Crippen LogP) is 4.08. The Hall–Kier alpha value is -0.240. The minimum atomic E-state index is -0.163. The van der Waals surface area contributed by atoms with Gasteiger partial charge in [0.2, 0.25) is 0 Å². The van der Waals surface area contributed by atoms with Crippen molar-refractivity contribution in [2.75, 3.05) is 52.7 Å². The molecule has 0 spiro atoms. The minimum absolute atomic E-state index is 0.0293. The molecule has 0 aliphatic heterocycles. The van der Waals surface area contributed by atoms with Crippen molar-refractivity contribution in [1.29, 1.82) is 0 Å². The Bertz CT molecular complexity index is 420. The highest BCUT2D eigenvalue weighted by Gasteiger charge is 2.34. The predicted molar refractivity (Wildman–Crippen MR) is 122 cm³/mol. The van der Waals surface area contributed by atoms with Gasteiger partial charge in [0.05, 0.1) is 56.5 Å². The molecule has 29 heavy (non-hydrogen) atoms. The molecule has 0 heterocycles. The lowest BCUT2D eigenvalue weighted by atomic mass is 10.0. The highest BCUT2D eigenvalue weighted by Crippen LogP contribution is 2.23. The fraction of sp³-hybridized carbons (Fsp3) is 1.00. The topological polar surface area (TPSA) is 52.2 Å². The molecule has 0 aromatic heterocycles. The summed E-state index contributed by atoms with van der Waals surface area (Å²) in [7, 11) is 0. The zero-order valence-electron chi connectivity index (χ0n) is 21.2. The van der Waals surface area contributed by atoms with E-state index in [1.54, 1.807) is 0 Å². The van der Waals surface area contributed by atoms with Crippen LogP contribution in [0.25, 0.3) is 0 Å². The average Bonchev–Trinajstić information content (AvgIpc) is 2.49. The van der Waals surface area contributed by atoms with Crippen LogP contribution in [0.15, 0.2) is 0 Å². The van der Waals surface area contributed by atoms with Gasteiger partial charge in [-0.1, -0.05) is 0 Å². The van der Waals surface area contributed by atoms with Gasteiger partial charge in [0.15, 0.2) is 0 Å². The first kappa shape index (κ1) is 28.8. The number of hydrogen-bond acceptors (Lipinski definition) is 6. The molecule has 0 aromatic rings.